The summed E-state index contributed by atoms with van der Waals surface area (Å²) in [5, 5.41) is 1.40. The second kappa shape index (κ2) is 5.35. The van der Waals surface area contributed by atoms with Crippen molar-refractivity contribution < 1.29 is 4.42 Å². The molecule has 3 aliphatic rings. The molecule has 4 nitrogen and oxygen atoms in total. The molecule has 6 rings (SSSR count). The van der Waals surface area contributed by atoms with Gasteiger partial charge in [-0.1, -0.05) is 25.1 Å². The molecular formula is C23H25N3O. The topological polar surface area (TPSA) is 34.2 Å². The molecule has 3 aliphatic heterocycles. The first-order valence-electron chi connectivity index (χ1n) is 10.2. The van der Waals surface area contributed by atoms with Gasteiger partial charge in [0.2, 0.25) is 5.89 Å². The van der Waals surface area contributed by atoms with Crippen LogP contribution in [-0.2, 0) is 6.42 Å². The van der Waals surface area contributed by atoms with Gasteiger partial charge in [0.15, 0.2) is 0 Å². The number of oxazole rings is 1. The Balaban J connectivity index is 1.73. The smallest absolute Gasteiger partial charge is 0.243 e. The predicted molar refractivity (Wildman–Crippen MR) is 107 cm³/mol. The van der Waals surface area contributed by atoms with Crippen LogP contribution in [-0.4, -0.2) is 27.5 Å². The fraction of sp³-hybridized carbons (Fsp3) is 0.435. The minimum absolute atomic E-state index is 0.176. The zero-order valence-corrected chi connectivity index (χ0v) is 16.0. The van der Waals surface area contributed by atoms with Crippen molar-refractivity contribution in [3.05, 3.63) is 59.4 Å². The lowest BCUT2D eigenvalue weighted by molar-refractivity contribution is 0.0269. The summed E-state index contributed by atoms with van der Waals surface area (Å²) in [6, 6.07) is 9.34. The fourth-order valence-corrected chi connectivity index (χ4v) is 5.91. The maximum Gasteiger partial charge on any atom is 0.243 e. The van der Waals surface area contributed by atoms with Gasteiger partial charge in [0.05, 0.1) is 17.8 Å². The molecule has 0 saturated carbocycles. The van der Waals surface area contributed by atoms with Crippen molar-refractivity contribution in [1.29, 1.82) is 0 Å². The Morgan fingerprint density at radius 3 is 2.96 bits per heavy atom. The number of para-hydroxylation sites is 1. The SMILES string of the molecule is CC[C@@]12C=C(c3ncc(C)o3)n3c4c(c5ccccc53)CCN(CCC1)[C@H]42. The average Bonchev–Trinajstić information content (AvgIpc) is 3.28. The van der Waals surface area contributed by atoms with Crippen molar-refractivity contribution in [3.63, 3.8) is 0 Å². The van der Waals surface area contributed by atoms with Crippen LogP contribution in [0.3, 0.4) is 0 Å². The molecule has 2 aromatic heterocycles. The Morgan fingerprint density at radius 2 is 2.15 bits per heavy atom. The van der Waals surface area contributed by atoms with Gasteiger partial charge in [-0.3, -0.25) is 4.90 Å². The Morgan fingerprint density at radius 1 is 1.26 bits per heavy atom. The zero-order valence-electron chi connectivity index (χ0n) is 16.0. The zero-order chi connectivity index (χ0) is 18.2. The molecule has 1 fully saturated rings. The van der Waals surface area contributed by atoms with Crippen LogP contribution in [0, 0.1) is 12.3 Å². The molecule has 5 heterocycles. The number of piperidine rings is 1. The third-order valence-electron chi connectivity index (χ3n) is 7.09. The van der Waals surface area contributed by atoms with Crippen LogP contribution < -0.4 is 0 Å². The number of aromatic nitrogens is 2. The molecule has 0 spiro atoms. The van der Waals surface area contributed by atoms with Gasteiger partial charge in [-0.25, -0.2) is 4.98 Å². The first-order chi connectivity index (χ1) is 13.2. The van der Waals surface area contributed by atoms with E-state index in [1.807, 2.05) is 13.1 Å². The molecule has 0 radical (unpaired) electrons. The van der Waals surface area contributed by atoms with Crippen molar-refractivity contribution >= 4 is 16.6 Å². The van der Waals surface area contributed by atoms with Crippen molar-refractivity contribution in [3.8, 4) is 0 Å². The summed E-state index contributed by atoms with van der Waals surface area (Å²) < 4.78 is 8.50. The Kier molecular flexibility index (Phi) is 3.11. The number of fused-ring (bicyclic) bond motifs is 3. The lowest BCUT2D eigenvalue weighted by atomic mass is 9.66. The second-order valence-electron chi connectivity index (χ2n) is 8.40. The summed E-state index contributed by atoms with van der Waals surface area (Å²) in [5.41, 5.74) is 5.65. The summed E-state index contributed by atoms with van der Waals surface area (Å²) in [4.78, 5) is 7.36. The molecule has 0 N–H and O–H groups in total. The Hall–Kier alpha value is -2.33. The van der Waals surface area contributed by atoms with E-state index in [2.05, 4.69) is 51.7 Å². The third kappa shape index (κ3) is 1.94. The van der Waals surface area contributed by atoms with Crippen LogP contribution in [0.2, 0.25) is 0 Å². The van der Waals surface area contributed by atoms with E-state index in [0.29, 0.717) is 6.04 Å². The monoisotopic (exact) mass is 359 g/mol. The minimum Gasteiger partial charge on any atom is -0.440 e. The van der Waals surface area contributed by atoms with Crippen molar-refractivity contribution in [2.24, 2.45) is 5.41 Å². The highest BCUT2D eigenvalue weighted by Gasteiger charge is 2.50. The van der Waals surface area contributed by atoms with Gasteiger partial charge in [0.25, 0.3) is 0 Å². The van der Waals surface area contributed by atoms with E-state index >= 15 is 0 Å². The minimum atomic E-state index is 0.176. The highest BCUT2D eigenvalue weighted by Crippen LogP contribution is 2.57. The van der Waals surface area contributed by atoms with E-state index in [1.54, 1.807) is 5.56 Å². The summed E-state index contributed by atoms with van der Waals surface area (Å²) in [5.74, 6) is 1.62. The molecule has 0 aliphatic carbocycles. The highest BCUT2D eigenvalue weighted by atomic mass is 16.4. The van der Waals surface area contributed by atoms with Crippen molar-refractivity contribution in [2.45, 2.75) is 45.6 Å². The highest BCUT2D eigenvalue weighted by molar-refractivity contribution is 5.91. The molecule has 0 amide bonds. The van der Waals surface area contributed by atoms with Gasteiger partial charge in [-0.05, 0) is 56.9 Å². The molecule has 2 atom stereocenters. The molecule has 3 aromatic rings. The van der Waals surface area contributed by atoms with Gasteiger partial charge in [-0.15, -0.1) is 0 Å². The van der Waals surface area contributed by atoms with Crippen LogP contribution in [0.1, 0.15) is 55.1 Å². The summed E-state index contributed by atoms with van der Waals surface area (Å²) in [6.07, 6.45) is 9.15. The normalized spacial score (nSPS) is 26.9. The van der Waals surface area contributed by atoms with Gasteiger partial charge < -0.3 is 8.98 Å². The molecule has 0 unspecified atom stereocenters. The molecule has 1 aromatic carbocycles. The van der Waals surface area contributed by atoms with Crippen LogP contribution in [0.15, 0.2) is 41.0 Å². The molecular weight excluding hydrogens is 334 g/mol. The maximum absolute atomic E-state index is 6.04. The maximum atomic E-state index is 6.04. The predicted octanol–water partition coefficient (Wildman–Crippen LogP) is 4.93. The number of aryl methyl sites for hydroxylation is 1. The first-order valence-corrected chi connectivity index (χ1v) is 10.2. The van der Waals surface area contributed by atoms with E-state index in [4.69, 9.17) is 4.42 Å². The summed E-state index contributed by atoms with van der Waals surface area (Å²) in [6.45, 7) is 6.72. The van der Waals surface area contributed by atoms with Crippen LogP contribution in [0.4, 0.5) is 0 Å². The van der Waals surface area contributed by atoms with Gasteiger partial charge in [-0.2, -0.15) is 0 Å². The van der Waals surface area contributed by atoms with Crippen LogP contribution in [0.5, 0.6) is 0 Å². The Bertz CT molecular complexity index is 1090. The van der Waals surface area contributed by atoms with Crippen molar-refractivity contribution in [2.75, 3.05) is 13.1 Å². The molecule has 0 bridgehead atoms. The summed E-state index contributed by atoms with van der Waals surface area (Å²) in [7, 11) is 0. The number of hydrogen-bond acceptors (Lipinski definition) is 3. The largest absolute Gasteiger partial charge is 0.440 e. The number of rotatable bonds is 2. The first kappa shape index (κ1) is 15.7. The molecule has 1 saturated heterocycles. The van der Waals surface area contributed by atoms with E-state index in [-0.39, 0.29) is 5.41 Å². The molecule has 138 valence electrons. The number of nitrogens with zero attached hydrogens (tertiary/aromatic N) is 3. The fourth-order valence-electron chi connectivity index (χ4n) is 5.91. The Labute approximate surface area is 159 Å². The van der Waals surface area contributed by atoms with E-state index in [9.17, 15) is 0 Å². The van der Waals surface area contributed by atoms with E-state index in [0.717, 1.165) is 30.2 Å². The van der Waals surface area contributed by atoms with E-state index < -0.39 is 0 Å². The lowest BCUT2D eigenvalue weighted by Crippen LogP contribution is -2.50. The quantitative estimate of drug-likeness (QED) is 0.651. The van der Waals surface area contributed by atoms with Gasteiger partial charge >= 0.3 is 0 Å². The van der Waals surface area contributed by atoms with Gasteiger partial charge in [0, 0.05) is 23.0 Å². The molecule has 4 heteroatoms. The third-order valence-corrected chi connectivity index (χ3v) is 7.09. The number of hydrogen-bond donors (Lipinski definition) is 0. The van der Waals surface area contributed by atoms with E-state index in [1.165, 1.54) is 42.5 Å². The number of benzene rings is 1. The lowest BCUT2D eigenvalue weighted by Gasteiger charge is -2.53. The van der Waals surface area contributed by atoms with Crippen LogP contribution in [0.25, 0.3) is 16.6 Å². The second-order valence-corrected chi connectivity index (χ2v) is 8.40. The standard InChI is InChI=1S/C23H25N3O/c1-3-23-10-6-11-25-12-9-17-16-7-4-5-8-18(16)26(20(17)21(23)25)19(13-23)22-24-14-15(2)27-22/h4-5,7-8,13-14,21H,3,6,9-12H2,1-2H3/t21-,23+/m1/s1. The average molecular weight is 359 g/mol. The van der Waals surface area contributed by atoms with Crippen molar-refractivity contribution in [1.82, 2.24) is 14.5 Å². The molecule has 27 heavy (non-hydrogen) atoms. The summed E-state index contributed by atoms with van der Waals surface area (Å²) >= 11 is 0. The van der Waals surface area contributed by atoms with Crippen LogP contribution >= 0.6 is 0 Å². The van der Waals surface area contributed by atoms with Gasteiger partial charge in [0.1, 0.15) is 11.5 Å².